The second-order valence-electron chi connectivity index (χ2n) is 5.39. The Hall–Kier alpha value is -1.98. The largest absolute Gasteiger partial charge is 0.417 e. The van der Waals surface area contributed by atoms with Gasteiger partial charge in [-0.15, -0.1) is 0 Å². The van der Waals surface area contributed by atoms with E-state index in [9.17, 15) is 18.0 Å². The quantitative estimate of drug-likeness (QED) is 0.843. The zero-order valence-electron chi connectivity index (χ0n) is 11.5. The van der Waals surface area contributed by atoms with Crippen LogP contribution in [0.25, 0.3) is 10.9 Å². The number of halogens is 3. The number of anilines is 1. The van der Waals surface area contributed by atoms with E-state index in [1.807, 2.05) is 0 Å². The maximum absolute atomic E-state index is 13.1. The highest BCUT2D eigenvalue weighted by Crippen LogP contribution is 2.36. The number of alkyl halides is 3. The highest BCUT2D eigenvalue weighted by molar-refractivity contribution is 5.87. The number of aromatic amines is 1. The summed E-state index contributed by atoms with van der Waals surface area (Å²) in [6, 6.07) is 4.11. The molecule has 2 heterocycles. The highest BCUT2D eigenvalue weighted by atomic mass is 19.4. The number of aryl methyl sites for hydroxylation is 1. The second-order valence-corrected chi connectivity index (χ2v) is 5.39. The Morgan fingerprint density at radius 2 is 2.05 bits per heavy atom. The molecule has 1 atom stereocenters. The Bertz CT molecular complexity index is 749. The zero-order valence-corrected chi connectivity index (χ0v) is 11.5. The molecule has 1 unspecified atom stereocenters. The lowest BCUT2D eigenvalue weighted by Gasteiger charge is -2.27. The van der Waals surface area contributed by atoms with Gasteiger partial charge in [0.1, 0.15) is 0 Å². The van der Waals surface area contributed by atoms with Crippen LogP contribution in [-0.2, 0) is 12.6 Å². The first-order chi connectivity index (χ1) is 9.88. The minimum atomic E-state index is -4.53. The van der Waals surface area contributed by atoms with Gasteiger partial charge in [-0.2, -0.15) is 13.2 Å². The molecule has 0 bridgehead atoms. The van der Waals surface area contributed by atoms with E-state index in [1.165, 1.54) is 0 Å². The predicted octanol–water partition coefficient (Wildman–Crippen LogP) is 3.68. The van der Waals surface area contributed by atoms with E-state index < -0.39 is 17.3 Å². The number of pyridine rings is 1. The van der Waals surface area contributed by atoms with E-state index in [-0.39, 0.29) is 10.9 Å². The fourth-order valence-electron chi connectivity index (χ4n) is 2.85. The van der Waals surface area contributed by atoms with Gasteiger partial charge in [0, 0.05) is 23.2 Å². The molecule has 2 N–H and O–H groups in total. The maximum atomic E-state index is 13.1. The summed E-state index contributed by atoms with van der Waals surface area (Å²) in [5.41, 5.74) is 0.289. The Morgan fingerprint density at radius 1 is 1.29 bits per heavy atom. The van der Waals surface area contributed by atoms with Gasteiger partial charge in [-0.25, -0.2) is 0 Å². The van der Waals surface area contributed by atoms with Gasteiger partial charge < -0.3 is 10.3 Å². The summed E-state index contributed by atoms with van der Waals surface area (Å²) < 4.78 is 39.2. The molecule has 0 amide bonds. The van der Waals surface area contributed by atoms with Gasteiger partial charge in [-0.1, -0.05) is 6.92 Å². The molecular formula is C15H15F3N2O. The molecule has 0 aliphatic carbocycles. The van der Waals surface area contributed by atoms with Gasteiger partial charge in [0.25, 0.3) is 0 Å². The van der Waals surface area contributed by atoms with Crippen molar-refractivity contribution in [2.45, 2.75) is 38.4 Å². The monoisotopic (exact) mass is 296 g/mol. The van der Waals surface area contributed by atoms with Gasteiger partial charge in [-0.05, 0) is 37.0 Å². The molecule has 0 saturated carbocycles. The maximum Gasteiger partial charge on any atom is 0.417 e. The average Bonchev–Trinajstić information content (AvgIpc) is 2.42. The lowest BCUT2D eigenvalue weighted by molar-refractivity contribution is -0.136. The number of aromatic nitrogens is 1. The summed E-state index contributed by atoms with van der Waals surface area (Å²) in [5, 5.41) is 3.37. The number of hydrogen-bond acceptors (Lipinski definition) is 2. The Labute approximate surface area is 119 Å². The Morgan fingerprint density at radius 3 is 2.71 bits per heavy atom. The lowest BCUT2D eigenvalue weighted by atomic mass is 9.94. The molecule has 3 nitrogen and oxygen atoms in total. The van der Waals surface area contributed by atoms with Crippen molar-refractivity contribution in [1.82, 2.24) is 4.98 Å². The summed E-state index contributed by atoms with van der Waals surface area (Å²) in [7, 11) is 0. The third-order valence-corrected chi connectivity index (χ3v) is 3.99. The first-order valence-corrected chi connectivity index (χ1v) is 6.92. The van der Waals surface area contributed by atoms with Crippen LogP contribution in [0.5, 0.6) is 0 Å². The zero-order chi connectivity index (χ0) is 15.2. The molecule has 6 heteroatoms. The standard InChI is InChI=1S/C15H15F3N2O/c1-2-9-4-3-8-5-10-11(15(16,17)18)6-14(21)20-13(10)7-12(8)19-9/h5-7,9,19H,2-4H2,1H3,(H,20,21). The smallest absolute Gasteiger partial charge is 0.382 e. The molecule has 1 aliphatic rings. The molecule has 1 aromatic carbocycles. The van der Waals surface area contributed by atoms with Crippen molar-refractivity contribution >= 4 is 16.6 Å². The Balaban J connectivity index is 2.23. The molecule has 0 spiro atoms. The summed E-state index contributed by atoms with van der Waals surface area (Å²) in [6.07, 6.45) is -1.93. The topological polar surface area (TPSA) is 44.9 Å². The van der Waals surface area contributed by atoms with Crippen LogP contribution in [0.15, 0.2) is 23.0 Å². The van der Waals surface area contributed by atoms with Gasteiger partial charge in [0.2, 0.25) is 5.56 Å². The molecular weight excluding hydrogens is 281 g/mol. The van der Waals surface area contributed by atoms with E-state index in [2.05, 4.69) is 17.2 Å². The van der Waals surface area contributed by atoms with E-state index in [0.717, 1.165) is 30.5 Å². The molecule has 21 heavy (non-hydrogen) atoms. The fraction of sp³-hybridized carbons (Fsp3) is 0.400. The van der Waals surface area contributed by atoms with Gasteiger partial charge in [-0.3, -0.25) is 4.79 Å². The molecule has 1 aromatic heterocycles. The molecule has 1 aliphatic heterocycles. The van der Waals surface area contributed by atoms with Crippen molar-refractivity contribution in [2.75, 3.05) is 5.32 Å². The summed E-state index contributed by atoms with van der Waals surface area (Å²) >= 11 is 0. The number of benzene rings is 1. The van der Waals surface area contributed by atoms with Crippen LogP contribution in [0.1, 0.15) is 30.9 Å². The van der Waals surface area contributed by atoms with Crippen molar-refractivity contribution in [1.29, 1.82) is 0 Å². The second kappa shape index (κ2) is 4.79. The van der Waals surface area contributed by atoms with Crippen LogP contribution in [0.4, 0.5) is 18.9 Å². The Kier molecular flexibility index (Phi) is 3.19. The average molecular weight is 296 g/mol. The lowest BCUT2D eigenvalue weighted by Crippen LogP contribution is -2.24. The minimum Gasteiger partial charge on any atom is -0.382 e. The van der Waals surface area contributed by atoms with Crippen molar-refractivity contribution in [3.63, 3.8) is 0 Å². The molecule has 0 radical (unpaired) electrons. The van der Waals surface area contributed by atoms with Crippen LogP contribution in [0.2, 0.25) is 0 Å². The third-order valence-electron chi connectivity index (χ3n) is 3.99. The molecule has 0 fully saturated rings. The molecule has 3 rings (SSSR count). The van der Waals surface area contributed by atoms with Gasteiger partial charge in [0.15, 0.2) is 0 Å². The first kappa shape index (κ1) is 14.0. The summed E-state index contributed by atoms with van der Waals surface area (Å²) in [4.78, 5) is 14.0. The van der Waals surface area contributed by atoms with E-state index in [4.69, 9.17) is 0 Å². The minimum absolute atomic E-state index is 0.0533. The molecule has 112 valence electrons. The van der Waals surface area contributed by atoms with Crippen LogP contribution in [0, 0.1) is 0 Å². The number of hydrogen-bond donors (Lipinski definition) is 2. The van der Waals surface area contributed by atoms with Crippen LogP contribution in [0.3, 0.4) is 0 Å². The summed E-state index contributed by atoms with van der Waals surface area (Å²) in [5.74, 6) is 0. The SMILES string of the molecule is CCC1CCc2cc3c(C(F)(F)F)cc(=O)[nH]c3cc2N1. The molecule has 2 aromatic rings. The van der Waals surface area contributed by atoms with E-state index >= 15 is 0 Å². The number of nitrogens with one attached hydrogen (secondary N) is 2. The van der Waals surface area contributed by atoms with Gasteiger partial charge in [0.05, 0.1) is 11.1 Å². The predicted molar refractivity (Wildman–Crippen MR) is 75.6 cm³/mol. The molecule has 0 saturated heterocycles. The number of H-pyrrole nitrogens is 1. The normalized spacial score (nSPS) is 18.4. The van der Waals surface area contributed by atoms with Crippen molar-refractivity contribution < 1.29 is 13.2 Å². The number of rotatable bonds is 1. The van der Waals surface area contributed by atoms with Crippen molar-refractivity contribution in [2.24, 2.45) is 0 Å². The van der Waals surface area contributed by atoms with Crippen LogP contribution < -0.4 is 10.9 Å². The van der Waals surface area contributed by atoms with Crippen molar-refractivity contribution in [3.05, 3.63) is 39.7 Å². The van der Waals surface area contributed by atoms with Crippen LogP contribution in [-0.4, -0.2) is 11.0 Å². The van der Waals surface area contributed by atoms with Gasteiger partial charge >= 0.3 is 6.18 Å². The van der Waals surface area contributed by atoms with E-state index in [0.29, 0.717) is 12.1 Å². The third kappa shape index (κ3) is 2.50. The highest BCUT2D eigenvalue weighted by Gasteiger charge is 2.33. The first-order valence-electron chi connectivity index (χ1n) is 6.92. The fourth-order valence-corrected chi connectivity index (χ4v) is 2.85. The van der Waals surface area contributed by atoms with Crippen LogP contribution >= 0.6 is 0 Å². The number of fused-ring (bicyclic) bond motifs is 2. The summed E-state index contributed by atoms with van der Waals surface area (Å²) in [6.45, 7) is 2.06. The van der Waals surface area contributed by atoms with E-state index in [1.54, 1.807) is 12.1 Å². The van der Waals surface area contributed by atoms with Crippen molar-refractivity contribution in [3.8, 4) is 0 Å².